The van der Waals surface area contributed by atoms with Crippen LogP contribution in [0.3, 0.4) is 0 Å². The summed E-state index contributed by atoms with van der Waals surface area (Å²) in [6.07, 6.45) is 0.506. The summed E-state index contributed by atoms with van der Waals surface area (Å²) in [5, 5.41) is 2.91. The lowest BCUT2D eigenvalue weighted by atomic mass is 10.1. The lowest BCUT2D eigenvalue weighted by Crippen LogP contribution is -2.51. The highest BCUT2D eigenvalue weighted by Gasteiger charge is 2.29. The monoisotopic (exact) mass is 398 g/mol. The SMILES string of the molecule is CCC(C(=O)NC(C)C)N(Cc1ccccc1)C(=O)COc1ccccc1OC. The van der Waals surface area contributed by atoms with E-state index in [0.717, 1.165) is 5.56 Å². The number of para-hydroxylation sites is 2. The van der Waals surface area contributed by atoms with Crippen molar-refractivity contribution in [2.75, 3.05) is 13.7 Å². The zero-order valence-electron chi connectivity index (χ0n) is 17.6. The van der Waals surface area contributed by atoms with Gasteiger partial charge in [0.25, 0.3) is 5.91 Å². The number of carbonyl (C=O) groups is 2. The van der Waals surface area contributed by atoms with Gasteiger partial charge in [0.1, 0.15) is 6.04 Å². The summed E-state index contributed by atoms with van der Waals surface area (Å²) in [5.74, 6) is 0.622. The molecule has 6 nitrogen and oxygen atoms in total. The molecule has 0 radical (unpaired) electrons. The van der Waals surface area contributed by atoms with Gasteiger partial charge in [-0.05, 0) is 38.0 Å². The van der Waals surface area contributed by atoms with Gasteiger partial charge in [-0.1, -0.05) is 49.4 Å². The van der Waals surface area contributed by atoms with E-state index in [1.165, 1.54) is 0 Å². The van der Waals surface area contributed by atoms with Gasteiger partial charge in [0.2, 0.25) is 5.91 Å². The van der Waals surface area contributed by atoms with Crippen molar-refractivity contribution in [1.29, 1.82) is 0 Å². The third-order valence-corrected chi connectivity index (χ3v) is 4.43. The maximum absolute atomic E-state index is 13.1. The molecule has 1 unspecified atom stereocenters. The minimum Gasteiger partial charge on any atom is -0.493 e. The van der Waals surface area contributed by atoms with Crippen LogP contribution in [-0.2, 0) is 16.1 Å². The van der Waals surface area contributed by atoms with E-state index in [9.17, 15) is 9.59 Å². The molecule has 2 aromatic rings. The van der Waals surface area contributed by atoms with Crippen molar-refractivity contribution in [2.45, 2.75) is 45.8 Å². The lowest BCUT2D eigenvalue weighted by Gasteiger charge is -2.31. The summed E-state index contributed by atoms with van der Waals surface area (Å²) in [6.45, 7) is 5.85. The van der Waals surface area contributed by atoms with E-state index in [1.54, 1.807) is 24.1 Å². The van der Waals surface area contributed by atoms with Gasteiger partial charge in [0, 0.05) is 12.6 Å². The summed E-state index contributed by atoms with van der Waals surface area (Å²) in [7, 11) is 1.55. The number of hydrogen-bond donors (Lipinski definition) is 1. The molecule has 29 heavy (non-hydrogen) atoms. The molecule has 2 rings (SSSR count). The average molecular weight is 399 g/mol. The molecule has 1 atom stereocenters. The molecule has 0 saturated carbocycles. The summed E-state index contributed by atoms with van der Waals surface area (Å²) >= 11 is 0. The van der Waals surface area contributed by atoms with Crippen LogP contribution >= 0.6 is 0 Å². The van der Waals surface area contributed by atoms with Crippen molar-refractivity contribution in [3.63, 3.8) is 0 Å². The minimum atomic E-state index is -0.577. The topological polar surface area (TPSA) is 67.9 Å². The number of ether oxygens (including phenoxy) is 2. The number of rotatable bonds is 10. The van der Waals surface area contributed by atoms with E-state index in [-0.39, 0.29) is 24.5 Å². The molecule has 0 heterocycles. The molecule has 2 amide bonds. The van der Waals surface area contributed by atoms with Crippen LogP contribution in [0.15, 0.2) is 54.6 Å². The van der Waals surface area contributed by atoms with Gasteiger partial charge in [-0.2, -0.15) is 0 Å². The molecular formula is C23H30N2O4. The highest BCUT2D eigenvalue weighted by Crippen LogP contribution is 2.26. The second-order valence-electron chi connectivity index (χ2n) is 7.03. The van der Waals surface area contributed by atoms with Crippen molar-refractivity contribution >= 4 is 11.8 Å². The molecule has 0 aliphatic heterocycles. The first-order valence-corrected chi connectivity index (χ1v) is 9.85. The van der Waals surface area contributed by atoms with Crippen molar-refractivity contribution in [3.05, 3.63) is 60.2 Å². The maximum atomic E-state index is 13.1. The molecule has 0 saturated heterocycles. The van der Waals surface area contributed by atoms with E-state index in [1.807, 2.05) is 63.2 Å². The smallest absolute Gasteiger partial charge is 0.261 e. The zero-order valence-corrected chi connectivity index (χ0v) is 17.6. The Balaban J connectivity index is 2.20. The van der Waals surface area contributed by atoms with Crippen LogP contribution in [0.4, 0.5) is 0 Å². The first kappa shape index (κ1) is 22.3. The molecule has 0 spiro atoms. The summed E-state index contributed by atoms with van der Waals surface area (Å²) in [4.78, 5) is 27.4. The highest BCUT2D eigenvalue weighted by atomic mass is 16.5. The van der Waals surface area contributed by atoms with Gasteiger partial charge in [-0.25, -0.2) is 0 Å². The van der Waals surface area contributed by atoms with Crippen LogP contribution in [0.5, 0.6) is 11.5 Å². The first-order valence-electron chi connectivity index (χ1n) is 9.85. The third kappa shape index (κ3) is 6.52. The molecule has 0 aliphatic carbocycles. The standard InChI is InChI=1S/C23H30N2O4/c1-5-19(23(27)24-17(2)3)25(15-18-11-7-6-8-12-18)22(26)16-29-21-14-10-9-13-20(21)28-4/h6-14,17,19H,5,15-16H2,1-4H3,(H,24,27). The van der Waals surface area contributed by atoms with Gasteiger partial charge in [-0.3, -0.25) is 9.59 Å². The van der Waals surface area contributed by atoms with Crippen LogP contribution in [0.25, 0.3) is 0 Å². The molecule has 6 heteroatoms. The number of nitrogens with one attached hydrogen (secondary N) is 1. The predicted molar refractivity (Wildman–Crippen MR) is 113 cm³/mol. The predicted octanol–water partition coefficient (Wildman–Crippen LogP) is 3.41. The van der Waals surface area contributed by atoms with E-state index in [2.05, 4.69) is 5.32 Å². The Morgan fingerprint density at radius 2 is 1.62 bits per heavy atom. The summed E-state index contributed by atoms with van der Waals surface area (Å²) in [6, 6.07) is 16.2. The number of methoxy groups -OCH3 is 1. The van der Waals surface area contributed by atoms with Crippen LogP contribution in [0, 0.1) is 0 Å². The number of nitrogens with zero attached hydrogens (tertiary/aromatic N) is 1. The normalized spacial score (nSPS) is 11.6. The Hall–Kier alpha value is -3.02. The van der Waals surface area contributed by atoms with Gasteiger partial charge in [-0.15, -0.1) is 0 Å². The average Bonchev–Trinajstić information content (AvgIpc) is 2.72. The van der Waals surface area contributed by atoms with Crippen LogP contribution in [0.1, 0.15) is 32.8 Å². The van der Waals surface area contributed by atoms with E-state index < -0.39 is 6.04 Å². The largest absolute Gasteiger partial charge is 0.493 e. The van der Waals surface area contributed by atoms with Crippen molar-refractivity contribution in [2.24, 2.45) is 0 Å². The Labute approximate surface area is 172 Å². The quantitative estimate of drug-likeness (QED) is 0.666. The second-order valence-corrected chi connectivity index (χ2v) is 7.03. The van der Waals surface area contributed by atoms with Gasteiger partial charge >= 0.3 is 0 Å². The molecule has 0 fully saturated rings. The Morgan fingerprint density at radius 3 is 2.21 bits per heavy atom. The van der Waals surface area contributed by atoms with E-state index >= 15 is 0 Å². The highest BCUT2D eigenvalue weighted by molar-refractivity contribution is 5.88. The molecular weight excluding hydrogens is 368 g/mol. The lowest BCUT2D eigenvalue weighted by molar-refractivity contribution is -0.143. The maximum Gasteiger partial charge on any atom is 0.261 e. The number of carbonyl (C=O) groups excluding carboxylic acids is 2. The molecule has 0 aliphatic rings. The first-order chi connectivity index (χ1) is 14.0. The van der Waals surface area contributed by atoms with Gasteiger partial charge in [0.05, 0.1) is 7.11 Å². The minimum absolute atomic E-state index is 0.00458. The summed E-state index contributed by atoms with van der Waals surface area (Å²) < 4.78 is 11.0. The summed E-state index contributed by atoms with van der Waals surface area (Å²) in [5.41, 5.74) is 0.953. The fraction of sp³-hybridized carbons (Fsp3) is 0.391. The van der Waals surface area contributed by atoms with Crippen molar-refractivity contribution in [1.82, 2.24) is 10.2 Å². The van der Waals surface area contributed by atoms with E-state index in [4.69, 9.17) is 9.47 Å². The van der Waals surface area contributed by atoms with Crippen LogP contribution in [-0.4, -0.2) is 42.5 Å². The second kappa shape index (κ2) is 11.1. The third-order valence-electron chi connectivity index (χ3n) is 4.43. The number of amides is 2. The molecule has 0 bridgehead atoms. The van der Waals surface area contributed by atoms with Crippen LogP contribution in [0.2, 0.25) is 0 Å². The number of benzene rings is 2. The fourth-order valence-electron chi connectivity index (χ4n) is 3.04. The Kier molecular flexibility index (Phi) is 8.52. The van der Waals surface area contributed by atoms with Crippen molar-refractivity contribution in [3.8, 4) is 11.5 Å². The van der Waals surface area contributed by atoms with Gasteiger partial charge in [0.15, 0.2) is 18.1 Å². The molecule has 2 aromatic carbocycles. The van der Waals surface area contributed by atoms with Gasteiger partial charge < -0.3 is 19.7 Å². The van der Waals surface area contributed by atoms with Crippen molar-refractivity contribution < 1.29 is 19.1 Å². The van der Waals surface area contributed by atoms with Crippen LogP contribution < -0.4 is 14.8 Å². The fourth-order valence-corrected chi connectivity index (χ4v) is 3.04. The number of hydrogen-bond acceptors (Lipinski definition) is 4. The Bertz CT molecular complexity index is 792. The van der Waals surface area contributed by atoms with E-state index in [0.29, 0.717) is 24.5 Å². The molecule has 156 valence electrons. The molecule has 1 N–H and O–H groups in total. The molecule has 0 aromatic heterocycles. The zero-order chi connectivity index (χ0) is 21.2. The Morgan fingerprint density at radius 1 is 1.00 bits per heavy atom.